The molecule has 3 nitrogen and oxygen atoms in total. The van der Waals surface area contributed by atoms with Crippen LogP contribution in [0.25, 0.3) is 0 Å². The van der Waals surface area contributed by atoms with E-state index in [1.54, 1.807) is 25.9 Å². The molecule has 0 unspecified atom stereocenters. The second kappa shape index (κ2) is 5.89. The number of benzene rings is 1. The Balaban J connectivity index is 2.96. The molecule has 0 aliphatic heterocycles. The summed E-state index contributed by atoms with van der Waals surface area (Å²) in [5, 5.41) is 0. The molecule has 1 atom stereocenters. The lowest BCUT2D eigenvalue weighted by Crippen LogP contribution is -2.35. The third-order valence-electron chi connectivity index (χ3n) is 2.88. The zero-order chi connectivity index (χ0) is 13.9. The van der Waals surface area contributed by atoms with Crippen molar-refractivity contribution >= 4 is 5.91 Å². The Bertz CT molecular complexity index is 425. The molecule has 1 aromatic carbocycles. The molecule has 100 valence electrons. The van der Waals surface area contributed by atoms with Gasteiger partial charge in [0.15, 0.2) is 6.10 Å². The number of amides is 1. The lowest BCUT2D eigenvalue weighted by atomic mass is 10.0. The summed E-state index contributed by atoms with van der Waals surface area (Å²) in [5.74, 6) is 1.17. The van der Waals surface area contributed by atoms with Crippen molar-refractivity contribution in [3.05, 3.63) is 29.3 Å². The van der Waals surface area contributed by atoms with Gasteiger partial charge in [-0.05, 0) is 37.0 Å². The first kappa shape index (κ1) is 14.6. The van der Waals surface area contributed by atoms with Crippen LogP contribution in [-0.4, -0.2) is 31.0 Å². The van der Waals surface area contributed by atoms with E-state index in [9.17, 15) is 4.79 Å². The Kier molecular flexibility index (Phi) is 4.76. The SMILES string of the molecule is Cc1ccc(C(C)C)c(O[C@@H](C)C(=O)N(C)C)c1. The van der Waals surface area contributed by atoms with Crippen LogP contribution in [0.15, 0.2) is 18.2 Å². The number of hydrogen-bond acceptors (Lipinski definition) is 2. The van der Waals surface area contributed by atoms with E-state index in [1.807, 2.05) is 13.0 Å². The van der Waals surface area contributed by atoms with E-state index in [2.05, 4.69) is 26.0 Å². The van der Waals surface area contributed by atoms with E-state index in [-0.39, 0.29) is 5.91 Å². The third-order valence-corrected chi connectivity index (χ3v) is 2.88. The van der Waals surface area contributed by atoms with Crippen LogP contribution < -0.4 is 4.74 Å². The van der Waals surface area contributed by atoms with Crippen molar-refractivity contribution < 1.29 is 9.53 Å². The fourth-order valence-corrected chi connectivity index (χ4v) is 1.83. The molecule has 0 aromatic heterocycles. The van der Waals surface area contributed by atoms with Crippen LogP contribution in [0.3, 0.4) is 0 Å². The van der Waals surface area contributed by atoms with Crippen molar-refractivity contribution in [3.63, 3.8) is 0 Å². The first-order chi connectivity index (χ1) is 8.32. The minimum atomic E-state index is -0.459. The Hall–Kier alpha value is -1.51. The summed E-state index contributed by atoms with van der Waals surface area (Å²) in [4.78, 5) is 13.4. The molecule has 1 aromatic rings. The zero-order valence-corrected chi connectivity index (χ0v) is 12.2. The van der Waals surface area contributed by atoms with Crippen LogP contribution in [0.1, 0.15) is 37.8 Å². The van der Waals surface area contributed by atoms with E-state index < -0.39 is 6.10 Å². The summed E-state index contributed by atoms with van der Waals surface area (Å²) in [7, 11) is 3.48. The summed E-state index contributed by atoms with van der Waals surface area (Å²) >= 11 is 0. The highest BCUT2D eigenvalue weighted by atomic mass is 16.5. The first-order valence-electron chi connectivity index (χ1n) is 6.31. The van der Waals surface area contributed by atoms with Crippen molar-refractivity contribution in [3.8, 4) is 5.75 Å². The maximum absolute atomic E-state index is 11.8. The number of hydrogen-bond donors (Lipinski definition) is 0. The van der Waals surface area contributed by atoms with Gasteiger partial charge in [-0.15, -0.1) is 0 Å². The molecule has 0 aliphatic carbocycles. The highest BCUT2D eigenvalue weighted by Gasteiger charge is 2.18. The quantitative estimate of drug-likeness (QED) is 0.821. The van der Waals surface area contributed by atoms with Crippen LogP contribution in [0.2, 0.25) is 0 Å². The lowest BCUT2D eigenvalue weighted by molar-refractivity contribution is -0.135. The second-order valence-electron chi connectivity index (χ2n) is 5.19. The zero-order valence-electron chi connectivity index (χ0n) is 12.2. The summed E-state index contributed by atoms with van der Waals surface area (Å²) < 4.78 is 5.82. The molecule has 1 rings (SSSR count). The van der Waals surface area contributed by atoms with Gasteiger partial charge in [0.2, 0.25) is 0 Å². The standard InChI is InChI=1S/C15H23NO2/c1-10(2)13-8-7-11(3)9-14(13)18-12(4)15(17)16(5)6/h7-10,12H,1-6H3/t12-/m0/s1. The Morgan fingerprint density at radius 3 is 2.33 bits per heavy atom. The van der Waals surface area contributed by atoms with Gasteiger partial charge in [0.25, 0.3) is 5.91 Å². The number of carbonyl (C=O) groups is 1. The predicted molar refractivity (Wildman–Crippen MR) is 74.1 cm³/mol. The molecular formula is C15H23NO2. The molecule has 0 spiro atoms. The predicted octanol–water partition coefficient (Wildman–Crippen LogP) is 2.97. The average molecular weight is 249 g/mol. The minimum absolute atomic E-state index is 0.0220. The Morgan fingerprint density at radius 2 is 1.83 bits per heavy atom. The molecule has 0 N–H and O–H groups in total. The number of aryl methyl sites for hydroxylation is 1. The summed E-state index contributed by atoms with van der Waals surface area (Å²) in [6.07, 6.45) is -0.459. The molecule has 0 saturated heterocycles. The van der Waals surface area contributed by atoms with Crippen molar-refractivity contribution in [1.29, 1.82) is 0 Å². The van der Waals surface area contributed by atoms with E-state index in [1.165, 1.54) is 0 Å². The number of nitrogens with zero attached hydrogens (tertiary/aromatic N) is 1. The molecule has 0 fully saturated rings. The van der Waals surface area contributed by atoms with Crippen molar-refractivity contribution in [2.24, 2.45) is 0 Å². The highest BCUT2D eigenvalue weighted by molar-refractivity contribution is 5.80. The minimum Gasteiger partial charge on any atom is -0.481 e. The average Bonchev–Trinajstić information content (AvgIpc) is 2.27. The number of carbonyl (C=O) groups excluding carboxylic acids is 1. The Morgan fingerprint density at radius 1 is 1.22 bits per heavy atom. The molecule has 0 saturated carbocycles. The van der Waals surface area contributed by atoms with Crippen LogP contribution in [0, 0.1) is 6.92 Å². The largest absolute Gasteiger partial charge is 0.481 e. The molecule has 0 bridgehead atoms. The van der Waals surface area contributed by atoms with E-state index in [0.29, 0.717) is 5.92 Å². The van der Waals surface area contributed by atoms with Gasteiger partial charge >= 0.3 is 0 Å². The smallest absolute Gasteiger partial charge is 0.262 e. The molecule has 3 heteroatoms. The van der Waals surface area contributed by atoms with Gasteiger partial charge in [-0.2, -0.15) is 0 Å². The second-order valence-corrected chi connectivity index (χ2v) is 5.19. The van der Waals surface area contributed by atoms with Crippen LogP contribution in [-0.2, 0) is 4.79 Å². The maximum atomic E-state index is 11.8. The van der Waals surface area contributed by atoms with Gasteiger partial charge in [0, 0.05) is 14.1 Å². The summed E-state index contributed by atoms with van der Waals surface area (Å²) in [5.41, 5.74) is 2.28. The van der Waals surface area contributed by atoms with Gasteiger partial charge in [-0.3, -0.25) is 4.79 Å². The fourth-order valence-electron chi connectivity index (χ4n) is 1.83. The van der Waals surface area contributed by atoms with E-state index >= 15 is 0 Å². The van der Waals surface area contributed by atoms with E-state index in [4.69, 9.17) is 4.74 Å². The third kappa shape index (κ3) is 3.49. The van der Waals surface area contributed by atoms with Gasteiger partial charge in [0.1, 0.15) is 5.75 Å². The van der Waals surface area contributed by atoms with Crippen LogP contribution in [0.4, 0.5) is 0 Å². The maximum Gasteiger partial charge on any atom is 0.262 e. The molecule has 0 radical (unpaired) electrons. The highest BCUT2D eigenvalue weighted by Crippen LogP contribution is 2.28. The Labute approximate surface area is 110 Å². The number of rotatable bonds is 4. The van der Waals surface area contributed by atoms with Crippen molar-refractivity contribution in [1.82, 2.24) is 4.90 Å². The van der Waals surface area contributed by atoms with Gasteiger partial charge in [0.05, 0.1) is 0 Å². The molecule has 0 aliphatic rings. The lowest BCUT2D eigenvalue weighted by Gasteiger charge is -2.21. The normalized spacial score (nSPS) is 12.4. The van der Waals surface area contributed by atoms with Gasteiger partial charge < -0.3 is 9.64 Å². The summed E-state index contributed by atoms with van der Waals surface area (Å²) in [6.45, 7) is 8.05. The monoisotopic (exact) mass is 249 g/mol. The number of likely N-dealkylation sites (N-methyl/N-ethyl adjacent to an activating group) is 1. The van der Waals surface area contributed by atoms with Gasteiger partial charge in [-0.1, -0.05) is 26.0 Å². The molecule has 1 amide bonds. The van der Waals surface area contributed by atoms with Crippen LogP contribution in [0.5, 0.6) is 5.75 Å². The van der Waals surface area contributed by atoms with Crippen LogP contribution >= 0.6 is 0 Å². The van der Waals surface area contributed by atoms with Gasteiger partial charge in [-0.25, -0.2) is 0 Å². The van der Waals surface area contributed by atoms with Crippen molar-refractivity contribution in [2.75, 3.05) is 14.1 Å². The fraction of sp³-hybridized carbons (Fsp3) is 0.533. The van der Waals surface area contributed by atoms with Crippen molar-refractivity contribution in [2.45, 2.75) is 39.7 Å². The topological polar surface area (TPSA) is 29.5 Å². The molecule has 18 heavy (non-hydrogen) atoms. The number of ether oxygens (including phenoxy) is 1. The molecule has 0 heterocycles. The first-order valence-corrected chi connectivity index (χ1v) is 6.31. The van der Waals surface area contributed by atoms with E-state index in [0.717, 1.165) is 16.9 Å². The summed E-state index contributed by atoms with van der Waals surface area (Å²) in [6, 6.07) is 6.14. The molecular weight excluding hydrogens is 226 g/mol.